The van der Waals surface area contributed by atoms with E-state index >= 15 is 0 Å². The normalized spacial score (nSPS) is 17.5. The number of carbonyl (C=O) groups is 1. The quantitative estimate of drug-likeness (QED) is 0.780. The number of piperidine rings is 1. The van der Waals surface area contributed by atoms with Crippen LogP contribution in [0.15, 0.2) is 24.3 Å². The minimum atomic E-state index is -0.128. The Hall–Kier alpha value is -1.92. The smallest absolute Gasteiger partial charge is 0.234 e. The van der Waals surface area contributed by atoms with Gasteiger partial charge in [-0.1, -0.05) is 12.1 Å². The second-order valence-corrected chi connectivity index (χ2v) is 6.32. The van der Waals surface area contributed by atoms with E-state index in [1.807, 2.05) is 38.2 Å². The molecule has 6 heteroatoms. The molecule has 3 rings (SSSR count). The van der Waals surface area contributed by atoms with Gasteiger partial charge in [0.05, 0.1) is 23.6 Å². The Morgan fingerprint density at radius 1 is 1.39 bits per heavy atom. The first-order chi connectivity index (χ1) is 11.1. The van der Waals surface area contributed by atoms with Gasteiger partial charge in [-0.25, -0.2) is 4.98 Å². The molecule has 124 valence electrons. The Morgan fingerprint density at radius 3 is 2.87 bits per heavy atom. The SMILES string of the molecule is C[C@H](NC(=O)CN(C)C1CCNCC1)c1nc2ccccc2[nH]1. The predicted molar refractivity (Wildman–Crippen MR) is 91.2 cm³/mol. The summed E-state index contributed by atoms with van der Waals surface area (Å²) in [5.41, 5.74) is 1.92. The van der Waals surface area contributed by atoms with Crippen LogP contribution in [-0.4, -0.2) is 53.5 Å². The van der Waals surface area contributed by atoms with Crippen molar-refractivity contribution in [2.45, 2.75) is 31.8 Å². The molecule has 2 heterocycles. The number of H-pyrrole nitrogens is 1. The number of aromatic amines is 1. The summed E-state index contributed by atoms with van der Waals surface area (Å²) in [4.78, 5) is 22.3. The van der Waals surface area contributed by atoms with Crippen LogP contribution in [0.4, 0.5) is 0 Å². The number of hydrogen-bond acceptors (Lipinski definition) is 4. The van der Waals surface area contributed by atoms with Crippen LogP contribution >= 0.6 is 0 Å². The Bertz CT molecular complexity index is 629. The van der Waals surface area contributed by atoms with Gasteiger partial charge in [-0.2, -0.15) is 0 Å². The van der Waals surface area contributed by atoms with Crippen molar-refractivity contribution in [3.05, 3.63) is 30.1 Å². The Labute approximate surface area is 136 Å². The predicted octanol–water partition coefficient (Wildman–Crippen LogP) is 1.42. The maximum Gasteiger partial charge on any atom is 0.234 e. The summed E-state index contributed by atoms with van der Waals surface area (Å²) < 4.78 is 0. The molecule has 0 aliphatic carbocycles. The van der Waals surface area contributed by atoms with Gasteiger partial charge in [0.25, 0.3) is 0 Å². The van der Waals surface area contributed by atoms with Crippen molar-refractivity contribution < 1.29 is 4.79 Å². The third-order valence-corrected chi connectivity index (χ3v) is 4.52. The minimum Gasteiger partial charge on any atom is -0.345 e. The lowest BCUT2D eigenvalue weighted by Crippen LogP contribution is -2.45. The summed E-state index contributed by atoms with van der Waals surface area (Å²) in [6.45, 7) is 4.45. The molecular formula is C17H25N5O. The van der Waals surface area contributed by atoms with Gasteiger partial charge in [0.2, 0.25) is 5.91 Å². The van der Waals surface area contributed by atoms with Gasteiger partial charge in [-0.05, 0) is 52.0 Å². The van der Waals surface area contributed by atoms with Crippen molar-refractivity contribution >= 4 is 16.9 Å². The Morgan fingerprint density at radius 2 is 2.13 bits per heavy atom. The molecule has 1 amide bonds. The van der Waals surface area contributed by atoms with Crippen molar-refractivity contribution in [2.24, 2.45) is 0 Å². The average molecular weight is 315 g/mol. The summed E-state index contributed by atoms with van der Waals surface area (Å²) in [6, 6.07) is 8.26. The van der Waals surface area contributed by atoms with Crippen LogP contribution < -0.4 is 10.6 Å². The molecule has 3 N–H and O–H groups in total. The van der Waals surface area contributed by atoms with Gasteiger partial charge in [-0.3, -0.25) is 9.69 Å². The van der Waals surface area contributed by atoms with E-state index in [9.17, 15) is 4.79 Å². The zero-order valence-corrected chi connectivity index (χ0v) is 13.8. The number of likely N-dealkylation sites (N-methyl/N-ethyl adjacent to an activating group) is 1. The van der Waals surface area contributed by atoms with Crippen molar-refractivity contribution in [1.82, 2.24) is 25.5 Å². The molecule has 0 spiro atoms. The minimum absolute atomic E-state index is 0.0407. The summed E-state index contributed by atoms with van der Waals surface area (Å²) in [5, 5.41) is 6.39. The molecule has 0 saturated carbocycles. The van der Waals surface area contributed by atoms with Crippen molar-refractivity contribution in [1.29, 1.82) is 0 Å². The van der Waals surface area contributed by atoms with Crippen molar-refractivity contribution in [3.63, 3.8) is 0 Å². The topological polar surface area (TPSA) is 73.1 Å². The van der Waals surface area contributed by atoms with Crippen molar-refractivity contribution in [3.8, 4) is 0 Å². The Balaban J connectivity index is 1.56. The summed E-state index contributed by atoms with van der Waals surface area (Å²) in [5.74, 6) is 0.836. The molecule has 23 heavy (non-hydrogen) atoms. The molecule has 2 aromatic rings. The molecule has 1 aliphatic rings. The summed E-state index contributed by atoms with van der Waals surface area (Å²) in [7, 11) is 2.03. The number of hydrogen-bond donors (Lipinski definition) is 3. The van der Waals surface area contributed by atoms with E-state index in [2.05, 4.69) is 25.5 Å². The lowest BCUT2D eigenvalue weighted by Gasteiger charge is -2.31. The zero-order chi connectivity index (χ0) is 16.2. The fraction of sp³-hybridized carbons (Fsp3) is 0.529. The molecule has 1 aromatic carbocycles. The molecule has 0 bridgehead atoms. The van der Waals surface area contributed by atoms with Crippen LogP contribution in [0.1, 0.15) is 31.6 Å². The molecule has 1 atom stereocenters. The number of benzene rings is 1. The largest absolute Gasteiger partial charge is 0.345 e. The molecular weight excluding hydrogens is 290 g/mol. The molecule has 1 saturated heterocycles. The van der Waals surface area contributed by atoms with E-state index in [0.29, 0.717) is 12.6 Å². The maximum absolute atomic E-state index is 12.3. The number of fused-ring (bicyclic) bond motifs is 1. The number of rotatable bonds is 5. The Kier molecular flexibility index (Phi) is 4.93. The number of carbonyl (C=O) groups excluding carboxylic acids is 1. The molecule has 0 radical (unpaired) electrons. The van der Waals surface area contributed by atoms with Gasteiger partial charge in [0.1, 0.15) is 5.82 Å². The van der Waals surface area contributed by atoms with Crippen molar-refractivity contribution in [2.75, 3.05) is 26.7 Å². The van der Waals surface area contributed by atoms with Crippen LogP contribution in [0.3, 0.4) is 0 Å². The van der Waals surface area contributed by atoms with Crippen LogP contribution in [-0.2, 0) is 4.79 Å². The fourth-order valence-corrected chi connectivity index (χ4v) is 3.14. The molecule has 1 aliphatic heterocycles. The van der Waals surface area contributed by atoms with Gasteiger partial charge in [0.15, 0.2) is 0 Å². The first-order valence-corrected chi connectivity index (χ1v) is 8.28. The van der Waals surface area contributed by atoms with Crippen LogP contribution in [0.5, 0.6) is 0 Å². The first kappa shape index (κ1) is 16.0. The molecule has 6 nitrogen and oxygen atoms in total. The first-order valence-electron chi connectivity index (χ1n) is 8.28. The third kappa shape index (κ3) is 3.89. The summed E-state index contributed by atoms with van der Waals surface area (Å²) in [6.07, 6.45) is 2.20. The maximum atomic E-state index is 12.3. The third-order valence-electron chi connectivity index (χ3n) is 4.52. The van der Waals surface area contributed by atoms with E-state index < -0.39 is 0 Å². The monoisotopic (exact) mass is 315 g/mol. The fourth-order valence-electron chi connectivity index (χ4n) is 3.14. The van der Waals surface area contributed by atoms with Gasteiger partial charge in [0, 0.05) is 6.04 Å². The van der Waals surface area contributed by atoms with Crippen LogP contribution in [0, 0.1) is 0 Å². The van der Waals surface area contributed by atoms with E-state index in [4.69, 9.17) is 0 Å². The van der Waals surface area contributed by atoms with Crippen LogP contribution in [0.25, 0.3) is 11.0 Å². The van der Waals surface area contributed by atoms with Gasteiger partial charge in [-0.15, -0.1) is 0 Å². The molecule has 0 unspecified atom stereocenters. The number of imidazole rings is 1. The van der Waals surface area contributed by atoms with Crippen LogP contribution in [0.2, 0.25) is 0 Å². The van der Waals surface area contributed by atoms with Gasteiger partial charge >= 0.3 is 0 Å². The molecule has 1 fully saturated rings. The second kappa shape index (κ2) is 7.10. The van der Waals surface area contributed by atoms with E-state index in [0.717, 1.165) is 42.8 Å². The number of nitrogens with one attached hydrogen (secondary N) is 3. The lowest BCUT2D eigenvalue weighted by molar-refractivity contribution is -0.123. The highest BCUT2D eigenvalue weighted by atomic mass is 16.2. The highest BCUT2D eigenvalue weighted by Gasteiger charge is 2.21. The number of para-hydroxylation sites is 2. The lowest BCUT2D eigenvalue weighted by atomic mass is 10.1. The number of aromatic nitrogens is 2. The summed E-state index contributed by atoms with van der Waals surface area (Å²) >= 11 is 0. The molecule has 1 aromatic heterocycles. The second-order valence-electron chi connectivity index (χ2n) is 6.32. The highest BCUT2D eigenvalue weighted by Crippen LogP contribution is 2.15. The standard InChI is InChI=1S/C17H25N5O/c1-12(17-20-14-5-3-4-6-15(14)21-17)19-16(23)11-22(2)13-7-9-18-10-8-13/h3-6,12-13,18H,7-11H2,1-2H3,(H,19,23)(H,20,21)/t12-/m0/s1. The zero-order valence-electron chi connectivity index (χ0n) is 13.8. The average Bonchev–Trinajstić information content (AvgIpc) is 2.99. The van der Waals surface area contributed by atoms with Gasteiger partial charge < -0.3 is 15.6 Å². The van der Waals surface area contributed by atoms with E-state index in [1.165, 1.54) is 0 Å². The number of amides is 1. The van der Waals surface area contributed by atoms with E-state index in [1.54, 1.807) is 0 Å². The van der Waals surface area contributed by atoms with E-state index in [-0.39, 0.29) is 11.9 Å². The highest BCUT2D eigenvalue weighted by molar-refractivity contribution is 5.79. The number of nitrogens with zero attached hydrogens (tertiary/aromatic N) is 2.